The first-order valence-electron chi connectivity index (χ1n) is 11.3. The summed E-state index contributed by atoms with van der Waals surface area (Å²) in [4.78, 5) is 0. The Hall–Kier alpha value is 0. The molecule has 0 heterocycles. The lowest BCUT2D eigenvalue weighted by atomic mass is 9.82. The quantitative estimate of drug-likeness (QED) is 0.221. The molecule has 0 radical (unpaired) electrons. The van der Waals surface area contributed by atoms with Crippen molar-refractivity contribution in [2.75, 3.05) is 0 Å². The average Bonchev–Trinajstić information content (AvgIpc) is 2.57. The average molecular weight is 325 g/mol. The minimum atomic E-state index is 1.02. The van der Waals surface area contributed by atoms with E-state index in [1.807, 2.05) is 0 Å². The molecule has 0 saturated heterocycles. The van der Waals surface area contributed by atoms with Crippen molar-refractivity contribution in [2.24, 2.45) is 11.8 Å². The Morgan fingerprint density at radius 2 is 0.739 bits per heavy atom. The fourth-order valence-electron chi connectivity index (χ4n) is 3.92. The van der Waals surface area contributed by atoms with E-state index < -0.39 is 0 Å². The Labute approximate surface area is 149 Å². The predicted octanol–water partition coefficient (Wildman–Crippen LogP) is 8.93. The Morgan fingerprint density at radius 3 is 1.17 bits per heavy atom. The Bertz CT molecular complexity index is 200. The maximum Gasteiger partial charge on any atom is -0.0412 e. The van der Waals surface area contributed by atoms with E-state index in [9.17, 15) is 0 Å². The second-order valence-electron chi connectivity index (χ2n) is 7.95. The minimum Gasteiger partial charge on any atom is -0.0654 e. The maximum absolute atomic E-state index is 2.35. The second-order valence-corrected chi connectivity index (χ2v) is 7.95. The fraction of sp³-hybridized carbons (Fsp3) is 1.00. The zero-order chi connectivity index (χ0) is 17.2. The molecule has 1 unspecified atom stereocenters. The lowest BCUT2D eigenvalue weighted by molar-refractivity contribution is 0.287. The van der Waals surface area contributed by atoms with Gasteiger partial charge >= 0.3 is 0 Å². The van der Waals surface area contributed by atoms with Gasteiger partial charge in [0.1, 0.15) is 0 Å². The second kappa shape index (κ2) is 18.3. The number of unbranched alkanes of at least 4 members (excludes halogenated alkanes) is 8. The summed E-state index contributed by atoms with van der Waals surface area (Å²) in [5.41, 5.74) is 0. The molecule has 0 aromatic carbocycles. The van der Waals surface area contributed by atoms with E-state index in [-0.39, 0.29) is 0 Å². The topological polar surface area (TPSA) is 0 Å². The van der Waals surface area contributed by atoms with E-state index in [0.29, 0.717) is 0 Å². The highest BCUT2D eigenvalue weighted by molar-refractivity contribution is 4.68. The van der Waals surface area contributed by atoms with Crippen LogP contribution < -0.4 is 0 Å². The van der Waals surface area contributed by atoms with Crippen molar-refractivity contribution in [3.8, 4) is 0 Å². The van der Waals surface area contributed by atoms with E-state index in [2.05, 4.69) is 27.7 Å². The molecule has 23 heavy (non-hydrogen) atoms. The smallest absolute Gasteiger partial charge is 0.0412 e. The first-order chi connectivity index (χ1) is 11.3. The Kier molecular flexibility index (Phi) is 18.3. The monoisotopic (exact) mass is 324 g/mol. The molecule has 0 aromatic heterocycles. The van der Waals surface area contributed by atoms with E-state index in [1.165, 1.54) is 109 Å². The van der Waals surface area contributed by atoms with Crippen molar-refractivity contribution in [3.63, 3.8) is 0 Å². The van der Waals surface area contributed by atoms with Crippen LogP contribution >= 0.6 is 0 Å². The van der Waals surface area contributed by atoms with Crippen molar-refractivity contribution in [2.45, 2.75) is 137 Å². The van der Waals surface area contributed by atoms with Crippen molar-refractivity contribution in [3.05, 3.63) is 0 Å². The highest BCUT2D eigenvalue weighted by Crippen LogP contribution is 2.30. The van der Waals surface area contributed by atoms with Crippen LogP contribution in [0, 0.1) is 11.8 Å². The third-order valence-corrected chi connectivity index (χ3v) is 5.53. The molecule has 0 nitrogen and oxygen atoms in total. The zero-order valence-corrected chi connectivity index (χ0v) is 17.2. The van der Waals surface area contributed by atoms with Gasteiger partial charge in [0.05, 0.1) is 0 Å². The van der Waals surface area contributed by atoms with E-state index >= 15 is 0 Å². The van der Waals surface area contributed by atoms with Gasteiger partial charge in [0, 0.05) is 0 Å². The van der Waals surface area contributed by atoms with Gasteiger partial charge in [0.25, 0.3) is 0 Å². The summed E-state index contributed by atoms with van der Waals surface area (Å²) in [6.07, 6.45) is 24.7. The van der Waals surface area contributed by atoms with Crippen LogP contribution in [0.2, 0.25) is 0 Å². The molecule has 0 bridgehead atoms. The van der Waals surface area contributed by atoms with E-state index in [1.54, 1.807) is 0 Å². The SMILES string of the molecule is CCCCCCCCC(CCCC)CC(CCCC)CCCC. The van der Waals surface area contributed by atoms with Crippen molar-refractivity contribution in [1.29, 1.82) is 0 Å². The molecule has 0 aliphatic heterocycles. The van der Waals surface area contributed by atoms with Crippen LogP contribution in [0.1, 0.15) is 137 Å². The normalized spacial score (nSPS) is 12.9. The number of rotatable bonds is 18. The summed E-state index contributed by atoms with van der Waals surface area (Å²) in [6, 6.07) is 0. The molecule has 0 heteroatoms. The van der Waals surface area contributed by atoms with Gasteiger partial charge in [-0.2, -0.15) is 0 Å². The summed E-state index contributed by atoms with van der Waals surface area (Å²) >= 11 is 0. The largest absolute Gasteiger partial charge is 0.0654 e. The van der Waals surface area contributed by atoms with Crippen LogP contribution in [0.4, 0.5) is 0 Å². The van der Waals surface area contributed by atoms with Gasteiger partial charge in [-0.25, -0.2) is 0 Å². The van der Waals surface area contributed by atoms with Gasteiger partial charge in [-0.1, -0.05) is 130 Å². The molecular weight excluding hydrogens is 276 g/mol. The van der Waals surface area contributed by atoms with Gasteiger partial charge < -0.3 is 0 Å². The Balaban J connectivity index is 4.13. The summed E-state index contributed by atoms with van der Waals surface area (Å²) in [6.45, 7) is 9.37. The lowest BCUT2D eigenvalue weighted by Crippen LogP contribution is -2.10. The maximum atomic E-state index is 2.35. The third-order valence-electron chi connectivity index (χ3n) is 5.53. The Morgan fingerprint density at radius 1 is 0.391 bits per heavy atom. The first-order valence-corrected chi connectivity index (χ1v) is 11.3. The molecule has 0 aliphatic carbocycles. The van der Waals surface area contributed by atoms with Crippen molar-refractivity contribution < 1.29 is 0 Å². The van der Waals surface area contributed by atoms with Crippen LogP contribution in [0.25, 0.3) is 0 Å². The standard InChI is InChI=1S/C23H48/c1-5-9-13-14-15-16-20-23(19-12-8-4)21-22(17-10-6-2)18-11-7-3/h22-23H,5-21H2,1-4H3. The first kappa shape index (κ1) is 23.0. The molecule has 0 rings (SSSR count). The summed E-state index contributed by atoms with van der Waals surface area (Å²) in [5, 5.41) is 0. The van der Waals surface area contributed by atoms with Gasteiger partial charge in [0.15, 0.2) is 0 Å². The molecule has 0 saturated carbocycles. The molecule has 0 aromatic rings. The molecule has 0 N–H and O–H groups in total. The van der Waals surface area contributed by atoms with Crippen molar-refractivity contribution >= 4 is 0 Å². The van der Waals surface area contributed by atoms with Gasteiger partial charge in [0.2, 0.25) is 0 Å². The summed E-state index contributed by atoms with van der Waals surface area (Å²) in [7, 11) is 0. The summed E-state index contributed by atoms with van der Waals surface area (Å²) in [5.74, 6) is 2.05. The van der Waals surface area contributed by atoms with Crippen LogP contribution in [-0.2, 0) is 0 Å². The van der Waals surface area contributed by atoms with Gasteiger partial charge in [-0.3, -0.25) is 0 Å². The molecule has 0 spiro atoms. The number of hydrogen-bond donors (Lipinski definition) is 0. The minimum absolute atomic E-state index is 1.02. The zero-order valence-electron chi connectivity index (χ0n) is 17.2. The highest BCUT2D eigenvalue weighted by atomic mass is 14.2. The van der Waals surface area contributed by atoms with Gasteiger partial charge in [-0.05, 0) is 18.3 Å². The van der Waals surface area contributed by atoms with Crippen LogP contribution in [0.3, 0.4) is 0 Å². The third kappa shape index (κ3) is 15.3. The molecule has 0 aliphatic rings. The predicted molar refractivity (Wildman–Crippen MR) is 108 cm³/mol. The van der Waals surface area contributed by atoms with Gasteiger partial charge in [-0.15, -0.1) is 0 Å². The van der Waals surface area contributed by atoms with E-state index in [0.717, 1.165) is 11.8 Å². The molecule has 0 fully saturated rings. The lowest BCUT2D eigenvalue weighted by Gasteiger charge is -2.24. The molecular formula is C23H48. The highest BCUT2D eigenvalue weighted by Gasteiger charge is 2.15. The summed E-state index contributed by atoms with van der Waals surface area (Å²) < 4.78 is 0. The van der Waals surface area contributed by atoms with Crippen molar-refractivity contribution in [1.82, 2.24) is 0 Å². The number of hydrogen-bond acceptors (Lipinski definition) is 0. The van der Waals surface area contributed by atoms with Crippen LogP contribution in [0.15, 0.2) is 0 Å². The van der Waals surface area contributed by atoms with Crippen LogP contribution in [0.5, 0.6) is 0 Å². The van der Waals surface area contributed by atoms with Crippen LogP contribution in [-0.4, -0.2) is 0 Å². The fourth-order valence-corrected chi connectivity index (χ4v) is 3.92. The molecule has 0 amide bonds. The molecule has 1 atom stereocenters. The molecule has 140 valence electrons. The van der Waals surface area contributed by atoms with E-state index in [4.69, 9.17) is 0 Å².